The summed E-state index contributed by atoms with van der Waals surface area (Å²) in [4.78, 5) is 2.23. The van der Waals surface area contributed by atoms with E-state index in [1.54, 1.807) is 7.11 Å². The predicted octanol–water partition coefficient (Wildman–Crippen LogP) is 5.47. The van der Waals surface area contributed by atoms with Gasteiger partial charge in [-0.2, -0.15) is 0 Å². The van der Waals surface area contributed by atoms with E-state index in [0.717, 1.165) is 25.3 Å². The van der Waals surface area contributed by atoms with Crippen molar-refractivity contribution in [1.82, 2.24) is 9.47 Å². The summed E-state index contributed by atoms with van der Waals surface area (Å²) in [6.45, 7) is 1.87. The van der Waals surface area contributed by atoms with Crippen LogP contribution >= 0.6 is 0 Å². The van der Waals surface area contributed by atoms with Gasteiger partial charge in [0.25, 0.3) is 0 Å². The lowest BCUT2D eigenvalue weighted by Gasteiger charge is -2.12. The summed E-state index contributed by atoms with van der Waals surface area (Å²) in [6, 6.07) is 25.7. The van der Waals surface area contributed by atoms with E-state index in [2.05, 4.69) is 103 Å². The second-order valence-corrected chi connectivity index (χ2v) is 7.74. The van der Waals surface area contributed by atoms with Crippen LogP contribution in [0.4, 0.5) is 0 Å². The van der Waals surface area contributed by atoms with Crippen LogP contribution in [0.1, 0.15) is 11.1 Å². The van der Waals surface area contributed by atoms with Gasteiger partial charge in [-0.1, -0.05) is 54.6 Å². The molecule has 3 nitrogen and oxygen atoms in total. The van der Waals surface area contributed by atoms with Crippen molar-refractivity contribution in [2.24, 2.45) is 0 Å². The van der Waals surface area contributed by atoms with Crippen molar-refractivity contribution in [1.29, 1.82) is 0 Å². The van der Waals surface area contributed by atoms with Gasteiger partial charge in [0, 0.05) is 30.2 Å². The SMILES string of the molecule is COc1ccc2c(c1)c(CCN(C)C)cn2Cc1ccccc1-c1ccccc1. The molecule has 1 heterocycles. The summed E-state index contributed by atoms with van der Waals surface area (Å²) in [5.41, 5.74) is 6.49. The van der Waals surface area contributed by atoms with E-state index in [1.165, 1.54) is 33.2 Å². The first-order chi connectivity index (χ1) is 14.2. The van der Waals surface area contributed by atoms with Crippen molar-refractivity contribution < 1.29 is 4.74 Å². The first-order valence-electron chi connectivity index (χ1n) is 10.1. The Morgan fingerprint density at radius 2 is 1.62 bits per heavy atom. The van der Waals surface area contributed by atoms with Gasteiger partial charge in [0.1, 0.15) is 5.75 Å². The van der Waals surface area contributed by atoms with Gasteiger partial charge in [0.15, 0.2) is 0 Å². The highest BCUT2D eigenvalue weighted by atomic mass is 16.5. The molecule has 0 radical (unpaired) electrons. The molecule has 0 spiro atoms. The summed E-state index contributed by atoms with van der Waals surface area (Å²) in [7, 11) is 5.97. The fourth-order valence-corrected chi connectivity index (χ4v) is 3.89. The first kappa shape index (κ1) is 19.3. The molecule has 4 rings (SSSR count). The molecule has 0 atom stereocenters. The van der Waals surface area contributed by atoms with E-state index in [4.69, 9.17) is 4.74 Å². The third-order valence-corrected chi connectivity index (χ3v) is 5.44. The summed E-state index contributed by atoms with van der Waals surface area (Å²) in [5.74, 6) is 0.908. The minimum absolute atomic E-state index is 0.843. The number of fused-ring (bicyclic) bond motifs is 1. The fourth-order valence-electron chi connectivity index (χ4n) is 3.89. The number of benzene rings is 3. The lowest BCUT2D eigenvalue weighted by Crippen LogP contribution is -2.14. The third kappa shape index (κ3) is 4.20. The number of hydrogen-bond acceptors (Lipinski definition) is 2. The Balaban J connectivity index is 1.76. The topological polar surface area (TPSA) is 17.4 Å². The molecule has 0 N–H and O–H groups in total. The maximum atomic E-state index is 5.49. The second kappa shape index (κ2) is 8.54. The highest BCUT2D eigenvalue weighted by Crippen LogP contribution is 2.29. The van der Waals surface area contributed by atoms with Crippen LogP contribution in [0.2, 0.25) is 0 Å². The molecule has 3 aromatic carbocycles. The van der Waals surface area contributed by atoms with Gasteiger partial charge in [-0.05, 0) is 61.0 Å². The monoisotopic (exact) mass is 384 g/mol. The third-order valence-electron chi connectivity index (χ3n) is 5.44. The molecule has 1 aromatic heterocycles. The molecule has 0 saturated heterocycles. The zero-order valence-corrected chi connectivity index (χ0v) is 17.4. The highest BCUT2D eigenvalue weighted by molar-refractivity contribution is 5.85. The number of aromatic nitrogens is 1. The van der Waals surface area contributed by atoms with E-state index in [0.29, 0.717) is 0 Å². The van der Waals surface area contributed by atoms with Crippen LogP contribution in [0.25, 0.3) is 22.0 Å². The van der Waals surface area contributed by atoms with Crippen molar-refractivity contribution in [3.8, 4) is 16.9 Å². The van der Waals surface area contributed by atoms with Crippen molar-refractivity contribution in [3.05, 3.63) is 90.1 Å². The summed E-state index contributed by atoms with van der Waals surface area (Å²) < 4.78 is 7.86. The Bertz CT molecular complexity index is 1100. The van der Waals surface area contributed by atoms with Crippen LogP contribution < -0.4 is 4.74 Å². The van der Waals surface area contributed by atoms with E-state index in [-0.39, 0.29) is 0 Å². The Hall–Kier alpha value is -3.04. The number of nitrogens with zero attached hydrogens (tertiary/aromatic N) is 2. The molecule has 0 unspecified atom stereocenters. The van der Waals surface area contributed by atoms with Gasteiger partial charge in [0.2, 0.25) is 0 Å². The quantitative estimate of drug-likeness (QED) is 0.420. The minimum Gasteiger partial charge on any atom is -0.497 e. The summed E-state index contributed by atoms with van der Waals surface area (Å²) in [6.07, 6.45) is 3.33. The van der Waals surface area contributed by atoms with Crippen LogP contribution in [0.5, 0.6) is 5.75 Å². The molecule has 29 heavy (non-hydrogen) atoms. The van der Waals surface area contributed by atoms with Gasteiger partial charge in [-0.15, -0.1) is 0 Å². The van der Waals surface area contributed by atoms with Gasteiger partial charge >= 0.3 is 0 Å². The minimum atomic E-state index is 0.843. The number of rotatable bonds is 7. The van der Waals surface area contributed by atoms with Crippen molar-refractivity contribution >= 4 is 10.9 Å². The predicted molar refractivity (Wildman–Crippen MR) is 122 cm³/mol. The number of hydrogen-bond donors (Lipinski definition) is 0. The maximum absolute atomic E-state index is 5.49. The summed E-state index contributed by atoms with van der Waals surface area (Å²) >= 11 is 0. The zero-order chi connectivity index (χ0) is 20.2. The van der Waals surface area contributed by atoms with Crippen LogP contribution in [0.3, 0.4) is 0 Å². The van der Waals surface area contributed by atoms with E-state index in [9.17, 15) is 0 Å². The number of likely N-dealkylation sites (N-methyl/N-ethyl adjacent to an activating group) is 1. The standard InChI is InChI=1S/C26H28N2O/c1-27(2)16-15-22-19-28(26-14-13-23(29-3)17-25(22)26)18-21-11-7-8-12-24(21)20-9-5-4-6-10-20/h4-14,17,19H,15-16,18H2,1-3H3. The Kier molecular flexibility index (Phi) is 5.68. The Morgan fingerprint density at radius 1 is 0.862 bits per heavy atom. The molecule has 4 aromatic rings. The molecule has 148 valence electrons. The van der Waals surface area contributed by atoms with Gasteiger partial charge < -0.3 is 14.2 Å². The lowest BCUT2D eigenvalue weighted by atomic mass is 10.00. The molecular formula is C26H28N2O. The maximum Gasteiger partial charge on any atom is 0.119 e. The molecule has 0 saturated carbocycles. The normalized spacial score (nSPS) is 11.3. The molecule has 0 bridgehead atoms. The van der Waals surface area contributed by atoms with Crippen molar-refractivity contribution in [2.75, 3.05) is 27.7 Å². The lowest BCUT2D eigenvalue weighted by molar-refractivity contribution is 0.413. The van der Waals surface area contributed by atoms with E-state index >= 15 is 0 Å². The molecule has 0 fully saturated rings. The largest absolute Gasteiger partial charge is 0.497 e. The molecule has 0 amide bonds. The molecular weight excluding hydrogens is 356 g/mol. The average molecular weight is 385 g/mol. The van der Waals surface area contributed by atoms with Gasteiger partial charge in [-0.25, -0.2) is 0 Å². The summed E-state index contributed by atoms with van der Waals surface area (Å²) in [5, 5.41) is 1.28. The van der Waals surface area contributed by atoms with Crippen LogP contribution in [0.15, 0.2) is 79.0 Å². The number of methoxy groups -OCH3 is 1. The zero-order valence-electron chi connectivity index (χ0n) is 17.4. The second-order valence-electron chi connectivity index (χ2n) is 7.74. The van der Waals surface area contributed by atoms with Crippen LogP contribution in [-0.2, 0) is 13.0 Å². The molecule has 0 aliphatic carbocycles. The molecule has 0 aliphatic heterocycles. The van der Waals surface area contributed by atoms with Crippen LogP contribution in [0, 0.1) is 0 Å². The highest BCUT2D eigenvalue weighted by Gasteiger charge is 2.12. The Morgan fingerprint density at radius 3 is 2.38 bits per heavy atom. The van der Waals surface area contributed by atoms with Crippen molar-refractivity contribution in [2.45, 2.75) is 13.0 Å². The fraction of sp³-hybridized carbons (Fsp3) is 0.231. The smallest absolute Gasteiger partial charge is 0.119 e. The van der Waals surface area contributed by atoms with E-state index < -0.39 is 0 Å². The van der Waals surface area contributed by atoms with E-state index in [1.807, 2.05) is 0 Å². The number of ether oxygens (including phenoxy) is 1. The molecule has 3 heteroatoms. The molecule has 0 aliphatic rings. The van der Waals surface area contributed by atoms with Gasteiger partial charge in [-0.3, -0.25) is 0 Å². The first-order valence-corrected chi connectivity index (χ1v) is 10.1. The van der Waals surface area contributed by atoms with Crippen molar-refractivity contribution in [3.63, 3.8) is 0 Å². The Labute approximate surface area is 173 Å². The van der Waals surface area contributed by atoms with Gasteiger partial charge in [0.05, 0.1) is 7.11 Å². The van der Waals surface area contributed by atoms with Crippen LogP contribution in [-0.4, -0.2) is 37.2 Å². The average Bonchev–Trinajstić information content (AvgIpc) is 3.10.